The van der Waals surface area contributed by atoms with Crippen molar-refractivity contribution < 1.29 is 4.84 Å². The second-order valence-corrected chi connectivity index (χ2v) is 5.65. The molecule has 3 rings (SSSR count). The van der Waals surface area contributed by atoms with E-state index in [0.717, 1.165) is 17.9 Å². The highest BCUT2D eigenvalue weighted by Gasteiger charge is 2.37. The summed E-state index contributed by atoms with van der Waals surface area (Å²) >= 11 is 0. The van der Waals surface area contributed by atoms with Crippen molar-refractivity contribution in [1.29, 1.82) is 0 Å². The van der Waals surface area contributed by atoms with Crippen molar-refractivity contribution in [3.05, 3.63) is 77.9 Å². The van der Waals surface area contributed by atoms with Crippen LogP contribution in [0.4, 0.5) is 0 Å². The molecular weight excluding hydrogens is 260 g/mol. The van der Waals surface area contributed by atoms with Gasteiger partial charge < -0.3 is 9.74 Å². The maximum absolute atomic E-state index is 5.79. The van der Waals surface area contributed by atoms with Gasteiger partial charge in [-0.3, -0.25) is 0 Å². The predicted molar refractivity (Wildman–Crippen MR) is 85.3 cm³/mol. The van der Waals surface area contributed by atoms with Gasteiger partial charge in [0.1, 0.15) is 5.54 Å². The summed E-state index contributed by atoms with van der Waals surface area (Å²) in [5.41, 5.74) is 5.19. The van der Waals surface area contributed by atoms with E-state index in [-0.39, 0.29) is 5.54 Å². The predicted octanol–water partition coefficient (Wildman–Crippen LogP) is 3.02. The molecule has 0 saturated heterocycles. The molecule has 108 valence electrons. The lowest BCUT2D eigenvalue weighted by atomic mass is 9.89. The van der Waals surface area contributed by atoms with E-state index >= 15 is 0 Å². The van der Waals surface area contributed by atoms with Crippen LogP contribution in [0.1, 0.15) is 11.1 Å². The Morgan fingerprint density at radius 1 is 0.952 bits per heavy atom. The highest BCUT2D eigenvalue weighted by atomic mass is 16.7. The quantitative estimate of drug-likeness (QED) is 0.931. The van der Waals surface area contributed by atoms with Crippen LogP contribution in [-0.2, 0) is 10.4 Å². The fraction of sp³-hybridized carbons (Fsp3) is 0.222. The Balaban J connectivity index is 2.01. The van der Waals surface area contributed by atoms with Crippen LogP contribution < -0.4 is 5.48 Å². The number of hydrogen-bond donors (Lipinski definition) is 1. The van der Waals surface area contributed by atoms with Gasteiger partial charge >= 0.3 is 0 Å². The van der Waals surface area contributed by atoms with Crippen LogP contribution in [0.25, 0.3) is 5.76 Å². The van der Waals surface area contributed by atoms with Crippen LogP contribution in [-0.4, -0.2) is 25.5 Å². The molecule has 1 aliphatic rings. The third kappa shape index (κ3) is 2.84. The molecule has 1 atom stereocenters. The van der Waals surface area contributed by atoms with Gasteiger partial charge in [-0.1, -0.05) is 60.7 Å². The van der Waals surface area contributed by atoms with Gasteiger partial charge in [-0.15, -0.1) is 5.48 Å². The summed E-state index contributed by atoms with van der Waals surface area (Å²) in [4.78, 5) is 7.96. The second-order valence-electron chi connectivity index (χ2n) is 5.65. The molecule has 1 heterocycles. The Bertz CT molecular complexity index is 622. The topological polar surface area (TPSA) is 24.5 Å². The molecule has 1 N–H and O–H groups in total. The Kier molecular flexibility index (Phi) is 3.78. The van der Waals surface area contributed by atoms with Crippen LogP contribution >= 0.6 is 0 Å². The number of likely N-dealkylation sites (N-methyl/N-ethyl adjacent to an activating group) is 1. The van der Waals surface area contributed by atoms with Crippen LogP contribution in [0.5, 0.6) is 0 Å². The molecule has 0 amide bonds. The van der Waals surface area contributed by atoms with Crippen LogP contribution in [0.2, 0.25) is 0 Å². The summed E-state index contributed by atoms with van der Waals surface area (Å²) in [5.74, 6) is 0.876. The fourth-order valence-corrected chi connectivity index (χ4v) is 2.72. The number of nitrogens with zero attached hydrogens (tertiary/aromatic N) is 1. The lowest BCUT2D eigenvalue weighted by molar-refractivity contribution is 0.0957. The maximum atomic E-state index is 5.79. The Morgan fingerprint density at radius 3 is 2.19 bits per heavy atom. The highest BCUT2D eigenvalue weighted by molar-refractivity contribution is 5.63. The zero-order valence-corrected chi connectivity index (χ0v) is 12.4. The molecule has 0 spiro atoms. The van der Waals surface area contributed by atoms with Crippen molar-refractivity contribution in [2.24, 2.45) is 0 Å². The molecule has 0 aliphatic carbocycles. The van der Waals surface area contributed by atoms with E-state index in [1.54, 1.807) is 0 Å². The van der Waals surface area contributed by atoms with Crippen LogP contribution in [0.15, 0.2) is 66.7 Å². The largest absolute Gasteiger partial charge is 0.407 e. The summed E-state index contributed by atoms with van der Waals surface area (Å²) in [6.07, 6.45) is 2.18. The van der Waals surface area contributed by atoms with Gasteiger partial charge in [0, 0.05) is 12.1 Å². The molecule has 3 heteroatoms. The average Bonchev–Trinajstić information content (AvgIpc) is 2.94. The van der Waals surface area contributed by atoms with Crippen molar-refractivity contribution in [3.63, 3.8) is 0 Å². The zero-order valence-electron chi connectivity index (χ0n) is 12.4. The molecule has 1 aliphatic heterocycles. The van der Waals surface area contributed by atoms with Gasteiger partial charge in [-0.2, -0.15) is 0 Å². The lowest BCUT2D eigenvalue weighted by Crippen LogP contribution is -2.44. The second kappa shape index (κ2) is 5.72. The first-order chi connectivity index (χ1) is 10.2. The van der Waals surface area contributed by atoms with E-state index in [2.05, 4.69) is 66.9 Å². The summed E-state index contributed by atoms with van der Waals surface area (Å²) in [6, 6.07) is 20.6. The fourth-order valence-electron chi connectivity index (χ4n) is 2.72. The summed E-state index contributed by atoms with van der Waals surface area (Å²) in [6.45, 7) is 0.827. The standard InChI is InChI=1S/C18H20N2O/c1-20(2)14-18(16-11-7-4-8-12-16)13-17(21-19-18)15-9-5-3-6-10-15/h3-13,19H,14H2,1-2H3. The molecular formula is C18H20N2O. The minimum absolute atomic E-state index is 0.323. The lowest BCUT2D eigenvalue weighted by Gasteiger charge is -2.29. The number of rotatable bonds is 4. The van der Waals surface area contributed by atoms with E-state index in [0.29, 0.717) is 0 Å². The average molecular weight is 280 g/mol. The third-order valence-electron chi connectivity index (χ3n) is 3.63. The van der Waals surface area contributed by atoms with E-state index in [9.17, 15) is 0 Å². The first-order valence-corrected chi connectivity index (χ1v) is 7.12. The van der Waals surface area contributed by atoms with E-state index in [1.807, 2.05) is 24.3 Å². The molecule has 0 radical (unpaired) electrons. The smallest absolute Gasteiger partial charge is 0.152 e. The first-order valence-electron chi connectivity index (χ1n) is 7.12. The third-order valence-corrected chi connectivity index (χ3v) is 3.63. The molecule has 0 aromatic heterocycles. The monoisotopic (exact) mass is 280 g/mol. The summed E-state index contributed by atoms with van der Waals surface area (Å²) in [7, 11) is 4.14. The Hall–Kier alpha value is -2.10. The normalized spacial score (nSPS) is 21.2. The van der Waals surface area contributed by atoms with Crippen molar-refractivity contribution in [3.8, 4) is 0 Å². The number of hydrogen-bond acceptors (Lipinski definition) is 3. The zero-order chi connectivity index (χ0) is 14.7. The van der Waals surface area contributed by atoms with Gasteiger partial charge in [0.2, 0.25) is 0 Å². The minimum atomic E-state index is -0.323. The molecule has 0 fully saturated rings. The molecule has 2 aromatic carbocycles. The van der Waals surface area contributed by atoms with E-state index in [1.165, 1.54) is 5.56 Å². The number of benzene rings is 2. The Morgan fingerprint density at radius 2 is 1.57 bits per heavy atom. The number of hydroxylamine groups is 1. The van der Waals surface area contributed by atoms with Crippen molar-refractivity contribution in [1.82, 2.24) is 10.4 Å². The molecule has 3 nitrogen and oxygen atoms in total. The van der Waals surface area contributed by atoms with E-state index in [4.69, 9.17) is 4.84 Å². The molecule has 1 unspecified atom stereocenters. The van der Waals surface area contributed by atoms with Crippen molar-refractivity contribution in [2.45, 2.75) is 5.54 Å². The van der Waals surface area contributed by atoms with Crippen molar-refractivity contribution >= 4 is 5.76 Å². The van der Waals surface area contributed by atoms with Gasteiger partial charge in [0.05, 0.1) is 0 Å². The van der Waals surface area contributed by atoms with Crippen LogP contribution in [0.3, 0.4) is 0 Å². The summed E-state index contributed by atoms with van der Waals surface area (Å²) in [5, 5.41) is 0. The summed E-state index contributed by atoms with van der Waals surface area (Å²) < 4.78 is 0. The van der Waals surface area contributed by atoms with E-state index < -0.39 is 0 Å². The minimum Gasteiger partial charge on any atom is -0.407 e. The molecule has 0 saturated carbocycles. The van der Waals surface area contributed by atoms with Crippen LogP contribution in [0, 0.1) is 0 Å². The number of nitrogens with one attached hydrogen (secondary N) is 1. The molecule has 0 bridgehead atoms. The maximum Gasteiger partial charge on any atom is 0.152 e. The van der Waals surface area contributed by atoms with Gasteiger partial charge in [-0.25, -0.2) is 0 Å². The first kappa shape index (κ1) is 13.9. The van der Waals surface area contributed by atoms with Gasteiger partial charge in [0.25, 0.3) is 0 Å². The SMILES string of the molecule is CN(C)CC1(c2ccccc2)C=C(c2ccccc2)ON1. The highest BCUT2D eigenvalue weighted by Crippen LogP contribution is 2.33. The Labute approximate surface area is 125 Å². The van der Waals surface area contributed by atoms with Gasteiger partial charge in [-0.05, 0) is 25.7 Å². The van der Waals surface area contributed by atoms with Crippen molar-refractivity contribution in [2.75, 3.05) is 20.6 Å². The van der Waals surface area contributed by atoms with Gasteiger partial charge in [0.15, 0.2) is 5.76 Å². The molecule has 21 heavy (non-hydrogen) atoms. The molecule has 2 aromatic rings.